The Bertz CT molecular complexity index is 1080. The van der Waals surface area contributed by atoms with E-state index in [1.165, 1.54) is 0 Å². The molecule has 2 unspecified atom stereocenters. The zero-order valence-electron chi connectivity index (χ0n) is 20.0. The summed E-state index contributed by atoms with van der Waals surface area (Å²) >= 11 is 0. The third kappa shape index (κ3) is 3.46. The van der Waals surface area contributed by atoms with Crippen LogP contribution in [0.1, 0.15) is 57.4 Å². The number of hydrogen-bond donors (Lipinski definition) is 2. The third-order valence-corrected chi connectivity index (χ3v) is 10.7. The van der Waals surface area contributed by atoms with Crippen LogP contribution in [0.2, 0.25) is 0 Å². The number of likely N-dealkylation sites (N-methyl/N-ethyl adjacent to an activating group) is 1. The smallest absolute Gasteiger partial charge is 0.282 e. The van der Waals surface area contributed by atoms with Gasteiger partial charge >= 0.3 is 0 Å². The molecule has 1 amide bonds. The maximum atomic E-state index is 13.4. The van der Waals surface area contributed by atoms with Crippen LogP contribution in [0.4, 0.5) is 11.8 Å². The van der Waals surface area contributed by atoms with Crippen molar-refractivity contribution in [1.82, 2.24) is 23.9 Å². The van der Waals surface area contributed by atoms with Crippen molar-refractivity contribution in [2.75, 3.05) is 43.4 Å². The topological polar surface area (TPSA) is 111 Å². The van der Waals surface area contributed by atoms with Gasteiger partial charge < -0.3 is 10.6 Å². The molecule has 1 aromatic rings. The van der Waals surface area contributed by atoms with Crippen molar-refractivity contribution < 1.29 is 13.2 Å². The molecule has 2 saturated carbocycles. The van der Waals surface area contributed by atoms with Crippen LogP contribution < -0.4 is 15.5 Å². The second kappa shape index (κ2) is 8.11. The Labute approximate surface area is 201 Å². The van der Waals surface area contributed by atoms with Crippen LogP contribution in [0.3, 0.4) is 0 Å². The molecule has 0 aromatic carbocycles. The maximum Gasteiger partial charge on any atom is 0.282 e. The van der Waals surface area contributed by atoms with Gasteiger partial charge in [0.25, 0.3) is 10.2 Å². The number of piperidine rings is 1. The van der Waals surface area contributed by atoms with Gasteiger partial charge in [0.2, 0.25) is 11.9 Å². The summed E-state index contributed by atoms with van der Waals surface area (Å²) in [5.41, 5.74) is 0.622. The lowest BCUT2D eigenvalue weighted by molar-refractivity contribution is -0.120. The van der Waals surface area contributed by atoms with Crippen LogP contribution in [-0.2, 0) is 20.4 Å². The second-order valence-corrected chi connectivity index (χ2v) is 12.7. The average Bonchev–Trinajstić information content (AvgIpc) is 3.44. The summed E-state index contributed by atoms with van der Waals surface area (Å²) in [7, 11) is -1.52. The molecule has 1 aromatic heterocycles. The first-order chi connectivity index (χ1) is 16.3. The first-order valence-corrected chi connectivity index (χ1v) is 14.1. The van der Waals surface area contributed by atoms with E-state index in [2.05, 4.69) is 22.5 Å². The highest BCUT2D eigenvalue weighted by Gasteiger charge is 2.62. The standard InChI is InChI=1S/C23H35N7O3S/c1-15-4-3-5-19(15)30-20-18(23(8-9-23)21(30)31)12-25-22(27-20)26-16-6-10-28(11-7-16)34(32,33)29-13-17(14-29)24-2/h12,15-17,19,24H,3-11,13-14H2,1-2H3,(H,25,26,27). The number of fused-ring (bicyclic) bond motifs is 2. The molecular weight excluding hydrogens is 454 g/mol. The van der Waals surface area contributed by atoms with E-state index in [0.29, 0.717) is 50.9 Å². The molecule has 4 fully saturated rings. The number of nitrogens with one attached hydrogen (secondary N) is 2. The summed E-state index contributed by atoms with van der Waals surface area (Å²) in [6.07, 6.45) is 8.40. The van der Waals surface area contributed by atoms with Crippen LogP contribution in [0.25, 0.3) is 0 Å². The van der Waals surface area contributed by atoms with Gasteiger partial charge in [-0.1, -0.05) is 13.3 Å². The van der Waals surface area contributed by atoms with Gasteiger partial charge in [-0.25, -0.2) is 4.98 Å². The summed E-state index contributed by atoms with van der Waals surface area (Å²) in [6.45, 7) is 4.29. The summed E-state index contributed by atoms with van der Waals surface area (Å²) in [5, 5.41) is 6.56. The lowest BCUT2D eigenvalue weighted by Crippen LogP contribution is -2.62. The molecule has 5 aliphatic rings. The van der Waals surface area contributed by atoms with Gasteiger partial charge in [0, 0.05) is 56.1 Å². The number of aromatic nitrogens is 2. The Morgan fingerprint density at radius 2 is 1.79 bits per heavy atom. The fourth-order valence-corrected chi connectivity index (χ4v) is 7.95. The van der Waals surface area contributed by atoms with Crippen molar-refractivity contribution in [3.05, 3.63) is 11.8 Å². The van der Waals surface area contributed by atoms with Gasteiger partial charge in [-0.15, -0.1) is 0 Å². The van der Waals surface area contributed by atoms with Crippen molar-refractivity contribution in [1.29, 1.82) is 0 Å². The van der Waals surface area contributed by atoms with Crippen LogP contribution >= 0.6 is 0 Å². The summed E-state index contributed by atoms with van der Waals surface area (Å²) in [4.78, 5) is 24.8. The van der Waals surface area contributed by atoms with Gasteiger partial charge in [0.15, 0.2) is 0 Å². The summed E-state index contributed by atoms with van der Waals surface area (Å²) in [5.74, 6) is 2.05. The van der Waals surface area contributed by atoms with Crippen molar-refractivity contribution >= 4 is 27.9 Å². The van der Waals surface area contributed by atoms with Crippen molar-refractivity contribution in [2.24, 2.45) is 5.92 Å². The minimum atomic E-state index is -3.38. The molecule has 2 atom stereocenters. The largest absolute Gasteiger partial charge is 0.351 e. The minimum Gasteiger partial charge on any atom is -0.351 e. The molecule has 2 N–H and O–H groups in total. The molecule has 2 saturated heterocycles. The molecule has 11 heteroatoms. The van der Waals surface area contributed by atoms with E-state index >= 15 is 0 Å². The van der Waals surface area contributed by atoms with Crippen LogP contribution in [0, 0.1) is 5.92 Å². The molecule has 0 radical (unpaired) electrons. The molecule has 4 heterocycles. The van der Waals surface area contributed by atoms with Crippen LogP contribution in [0.15, 0.2) is 6.20 Å². The number of anilines is 2. The van der Waals surface area contributed by atoms with Gasteiger partial charge in [-0.2, -0.15) is 22.0 Å². The van der Waals surface area contributed by atoms with E-state index < -0.39 is 10.2 Å². The van der Waals surface area contributed by atoms with Crippen molar-refractivity contribution in [2.45, 2.75) is 75.4 Å². The Kier molecular flexibility index (Phi) is 5.40. The molecule has 3 aliphatic heterocycles. The van der Waals surface area contributed by atoms with Crippen LogP contribution in [-0.4, -0.2) is 84.3 Å². The van der Waals surface area contributed by atoms with Crippen molar-refractivity contribution in [3.8, 4) is 0 Å². The second-order valence-electron chi connectivity index (χ2n) is 10.8. The van der Waals surface area contributed by atoms with E-state index in [1.54, 1.807) is 8.61 Å². The van der Waals surface area contributed by atoms with Gasteiger partial charge in [-0.05, 0) is 51.5 Å². The number of rotatable bonds is 6. The monoisotopic (exact) mass is 489 g/mol. The Balaban J connectivity index is 1.14. The zero-order chi connectivity index (χ0) is 23.7. The van der Waals surface area contributed by atoms with Gasteiger partial charge in [0.05, 0.1) is 5.41 Å². The molecule has 10 nitrogen and oxygen atoms in total. The fourth-order valence-electron chi connectivity index (χ4n) is 6.22. The number of nitrogens with zero attached hydrogens (tertiary/aromatic N) is 5. The van der Waals surface area contributed by atoms with Gasteiger partial charge in [0.1, 0.15) is 5.82 Å². The summed E-state index contributed by atoms with van der Waals surface area (Å²) < 4.78 is 28.8. The maximum absolute atomic E-state index is 13.4. The van der Waals surface area contributed by atoms with E-state index in [1.807, 2.05) is 18.1 Å². The molecular formula is C23H35N7O3S. The highest BCUT2D eigenvalue weighted by Crippen LogP contribution is 2.58. The average molecular weight is 490 g/mol. The van der Waals surface area contributed by atoms with E-state index in [4.69, 9.17) is 4.98 Å². The predicted molar refractivity (Wildman–Crippen MR) is 129 cm³/mol. The first-order valence-electron chi connectivity index (χ1n) is 12.7. The van der Waals surface area contributed by atoms with Gasteiger partial charge in [-0.3, -0.25) is 9.69 Å². The van der Waals surface area contributed by atoms with E-state index in [0.717, 1.165) is 43.5 Å². The highest BCUT2D eigenvalue weighted by molar-refractivity contribution is 7.86. The lowest BCUT2D eigenvalue weighted by atomic mass is 10.0. The number of carbonyl (C=O) groups excluding carboxylic acids is 1. The predicted octanol–water partition coefficient (Wildman–Crippen LogP) is 1.07. The zero-order valence-corrected chi connectivity index (χ0v) is 20.9. The molecule has 6 rings (SSSR count). The first kappa shape index (κ1) is 22.6. The molecule has 186 valence electrons. The molecule has 1 spiro atoms. The Hall–Kier alpha value is -1.82. The van der Waals surface area contributed by atoms with Crippen LogP contribution in [0.5, 0.6) is 0 Å². The lowest BCUT2D eigenvalue weighted by Gasteiger charge is -2.42. The van der Waals surface area contributed by atoms with E-state index in [9.17, 15) is 13.2 Å². The highest BCUT2D eigenvalue weighted by atomic mass is 32.2. The fraction of sp³-hybridized carbons (Fsp3) is 0.783. The summed E-state index contributed by atoms with van der Waals surface area (Å²) in [6, 6.07) is 0.586. The van der Waals surface area contributed by atoms with E-state index in [-0.39, 0.29) is 29.4 Å². The number of hydrogen-bond acceptors (Lipinski definition) is 7. The molecule has 2 aliphatic carbocycles. The molecule has 0 bridgehead atoms. The quantitative estimate of drug-likeness (QED) is 0.615. The molecule has 34 heavy (non-hydrogen) atoms. The third-order valence-electron chi connectivity index (χ3n) is 8.73. The SMILES string of the molecule is CNC1CN(S(=O)(=O)N2CCC(Nc3ncc4c(n3)N(C3CCCC3C)C(=O)C43CC3)CC2)C1. The van der Waals surface area contributed by atoms with Crippen molar-refractivity contribution in [3.63, 3.8) is 0 Å². The Morgan fingerprint density at radius 3 is 2.41 bits per heavy atom. The normalized spacial score (nSPS) is 30.1. The number of amides is 1. The Morgan fingerprint density at radius 1 is 1.06 bits per heavy atom. The number of carbonyl (C=O) groups is 1. The minimum absolute atomic E-state index is 0.108.